The van der Waals surface area contributed by atoms with Crippen LogP contribution in [0.2, 0.25) is 0 Å². The zero-order valence-electron chi connectivity index (χ0n) is 12.5. The summed E-state index contributed by atoms with van der Waals surface area (Å²) in [6, 6.07) is 15.4. The molecule has 0 spiro atoms. The van der Waals surface area contributed by atoms with Crippen LogP contribution in [0.15, 0.2) is 42.5 Å². The van der Waals surface area contributed by atoms with Gasteiger partial charge in [-0.15, -0.1) is 0 Å². The number of fused-ring (bicyclic) bond motifs is 1. The third-order valence-electron chi connectivity index (χ3n) is 4.38. The number of rotatable bonds is 4. The van der Waals surface area contributed by atoms with Crippen molar-refractivity contribution in [2.45, 2.75) is 19.9 Å². The molecular formula is C18H24N2. The normalized spacial score (nSPS) is 22.8. The highest BCUT2D eigenvalue weighted by atomic mass is 15.1. The summed E-state index contributed by atoms with van der Waals surface area (Å²) in [6.45, 7) is 6.90. The second-order valence-corrected chi connectivity index (χ2v) is 6.59. The van der Waals surface area contributed by atoms with Crippen molar-refractivity contribution in [1.82, 2.24) is 10.2 Å². The molecular weight excluding hydrogens is 244 g/mol. The average molecular weight is 268 g/mol. The van der Waals surface area contributed by atoms with E-state index in [0.717, 1.165) is 19.6 Å². The van der Waals surface area contributed by atoms with Gasteiger partial charge in [-0.25, -0.2) is 0 Å². The van der Waals surface area contributed by atoms with Gasteiger partial charge >= 0.3 is 0 Å². The van der Waals surface area contributed by atoms with Crippen LogP contribution >= 0.6 is 0 Å². The van der Waals surface area contributed by atoms with Gasteiger partial charge in [-0.2, -0.15) is 0 Å². The number of nitrogens with zero attached hydrogens (tertiary/aromatic N) is 1. The molecule has 2 aromatic rings. The van der Waals surface area contributed by atoms with Crippen LogP contribution in [0.4, 0.5) is 0 Å². The van der Waals surface area contributed by atoms with E-state index in [1.54, 1.807) is 0 Å². The fourth-order valence-corrected chi connectivity index (χ4v) is 3.36. The van der Waals surface area contributed by atoms with Gasteiger partial charge in [0.1, 0.15) is 0 Å². The highest BCUT2D eigenvalue weighted by Gasteiger charge is 2.29. The van der Waals surface area contributed by atoms with Crippen molar-refractivity contribution in [1.29, 1.82) is 0 Å². The van der Waals surface area contributed by atoms with Crippen LogP contribution in [0.25, 0.3) is 10.8 Å². The lowest BCUT2D eigenvalue weighted by Crippen LogP contribution is -2.34. The smallest absolute Gasteiger partial charge is 0.0231 e. The number of hydrogen-bond acceptors (Lipinski definition) is 2. The molecule has 1 aliphatic rings. The van der Waals surface area contributed by atoms with Crippen molar-refractivity contribution in [2.24, 2.45) is 5.41 Å². The van der Waals surface area contributed by atoms with Gasteiger partial charge in [-0.05, 0) is 47.8 Å². The first-order valence-electron chi connectivity index (χ1n) is 7.52. The van der Waals surface area contributed by atoms with Gasteiger partial charge in [0.2, 0.25) is 0 Å². The zero-order valence-corrected chi connectivity index (χ0v) is 12.5. The third kappa shape index (κ3) is 3.02. The Morgan fingerprint density at radius 2 is 1.95 bits per heavy atom. The largest absolute Gasteiger partial charge is 0.316 e. The molecule has 0 radical (unpaired) electrons. The molecule has 0 amide bonds. The Kier molecular flexibility index (Phi) is 3.77. The lowest BCUT2D eigenvalue weighted by molar-refractivity contribution is 0.203. The maximum Gasteiger partial charge on any atom is 0.0231 e. The second kappa shape index (κ2) is 5.55. The fraction of sp³-hybridized carbons (Fsp3) is 0.444. The minimum atomic E-state index is 0.436. The van der Waals surface area contributed by atoms with E-state index in [1.165, 1.54) is 29.3 Å². The summed E-state index contributed by atoms with van der Waals surface area (Å²) in [5.41, 5.74) is 1.84. The Hall–Kier alpha value is -1.38. The minimum Gasteiger partial charge on any atom is -0.316 e. The van der Waals surface area contributed by atoms with Gasteiger partial charge in [0, 0.05) is 19.6 Å². The van der Waals surface area contributed by atoms with Gasteiger partial charge in [0.25, 0.3) is 0 Å². The number of benzene rings is 2. The maximum atomic E-state index is 3.48. The van der Waals surface area contributed by atoms with E-state index in [4.69, 9.17) is 0 Å². The van der Waals surface area contributed by atoms with E-state index in [1.807, 2.05) is 0 Å². The van der Waals surface area contributed by atoms with E-state index in [2.05, 4.69) is 66.7 Å². The number of hydrogen-bond donors (Lipinski definition) is 1. The molecule has 2 nitrogen and oxygen atoms in total. The predicted molar refractivity (Wildman–Crippen MR) is 85.9 cm³/mol. The van der Waals surface area contributed by atoms with Gasteiger partial charge < -0.3 is 10.2 Å². The average Bonchev–Trinajstić information content (AvgIpc) is 2.84. The highest BCUT2D eigenvalue weighted by molar-refractivity contribution is 5.82. The molecule has 1 atom stereocenters. The highest BCUT2D eigenvalue weighted by Crippen LogP contribution is 2.26. The Morgan fingerprint density at radius 1 is 1.15 bits per heavy atom. The molecule has 0 saturated carbocycles. The summed E-state index contributed by atoms with van der Waals surface area (Å²) in [6.07, 6.45) is 1.29. The molecule has 106 valence electrons. The summed E-state index contributed by atoms with van der Waals surface area (Å²) in [4.78, 5) is 2.46. The van der Waals surface area contributed by atoms with Crippen molar-refractivity contribution in [3.63, 3.8) is 0 Å². The van der Waals surface area contributed by atoms with Crippen LogP contribution in [0.5, 0.6) is 0 Å². The van der Waals surface area contributed by atoms with Crippen LogP contribution in [-0.2, 0) is 6.54 Å². The van der Waals surface area contributed by atoms with Gasteiger partial charge in [0.15, 0.2) is 0 Å². The van der Waals surface area contributed by atoms with Crippen molar-refractivity contribution < 1.29 is 0 Å². The summed E-state index contributed by atoms with van der Waals surface area (Å²) in [5, 5.41) is 6.14. The molecule has 3 rings (SSSR count). The van der Waals surface area contributed by atoms with Crippen LogP contribution in [0, 0.1) is 5.41 Å². The molecule has 1 unspecified atom stereocenters. The van der Waals surface area contributed by atoms with Crippen LogP contribution in [0.1, 0.15) is 18.9 Å². The summed E-state index contributed by atoms with van der Waals surface area (Å²) >= 11 is 0. The molecule has 0 aromatic heterocycles. The fourth-order valence-electron chi connectivity index (χ4n) is 3.36. The Labute approximate surface area is 121 Å². The van der Waals surface area contributed by atoms with Crippen LogP contribution < -0.4 is 5.32 Å². The molecule has 1 heterocycles. The summed E-state index contributed by atoms with van der Waals surface area (Å²) in [7, 11) is 2.23. The summed E-state index contributed by atoms with van der Waals surface area (Å²) < 4.78 is 0. The van der Waals surface area contributed by atoms with Crippen molar-refractivity contribution in [2.75, 3.05) is 26.7 Å². The molecule has 1 saturated heterocycles. The summed E-state index contributed by atoms with van der Waals surface area (Å²) in [5.74, 6) is 0. The first-order chi connectivity index (χ1) is 9.65. The Bertz CT molecular complexity index is 585. The van der Waals surface area contributed by atoms with Crippen LogP contribution in [-0.4, -0.2) is 31.6 Å². The third-order valence-corrected chi connectivity index (χ3v) is 4.38. The molecule has 1 aliphatic heterocycles. The Morgan fingerprint density at radius 3 is 2.70 bits per heavy atom. The zero-order chi connectivity index (χ0) is 14.0. The van der Waals surface area contributed by atoms with Gasteiger partial charge in [-0.3, -0.25) is 0 Å². The molecule has 1 fully saturated rings. The second-order valence-electron chi connectivity index (χ2n) is 6.59. The minimum absolute atomic E-state index is 0.436. The van der Waals surface area contributed by atoms with Crippen LogP contribution in [0.3, 0.4) is 0 Å². The molecule has 0 aliphatic carbocycles. The van der Waals surface area contributed by atoms with E-state index in [-0.39, 0.29) is 0 Å². The topological polar surface area (TPSA) is 15.3 Å². The van der Waals surface area contributed by atoms with E-state index >= 15 is 0 Å². The number of nitrogens with one attached hydrogen (secondary N) is 1. The lowest BCUT2D eigenvalue weighted by atomic mass is 9.89. The molecule has 20 heavy (non-hydrogen) atoms. The lowest BCUT2D eigenvalue weighted by Gasteiger charge is -2.29. The van der Waals surface area contributed by atoms with E-state index < -0.39 is 0 Å². The van der Waals surface area contributed by atoms with Gasteiger partial charge in [-0.1, -0.05) is 43.3 Å². The Balaban J connectivity index is 1.69. The predicted octanol–water partition coefficient (Wildman–Crippen LogP) is 3.27. The quantitative estimate of drug-likeness (QED) is 0.915. The molecule has 1 N–H and O–H groups in total. The molecule has 0 bridgehead atoms. The van der Waals surface area contributed by atoms with Gasteiger partial charge in [0.05, 0.1) is 0 Å². The standard InChI is InChI=1S/C18H24N2/c1-18(9-10-19-13-18)14-20(2)12-15-7-8-16-5-3-4-6-17(16)11-15/h3-8,11,19H,9-10,12-14H2,1-2H3. The van der Waals surface area contributed by atoms with Crippen molar-refractivity contribution >= 4 is 10.8 Å². The monoisotopic (exact) mass is 268 g/mol. The maximum absolute atomic E-state index is 3.48. The first kappa shape index (κ1) is 13.6. The SMILES string of the molecule is CN(Cc1ccc2ccccc2c1)CC1(C)CCNC1. The molecule has 2 heteroatoms. The molecule has 2 aromatic carbocycles. The van der Waals surface area contributed by atoms with Crippen molar-refractivity contribution in [3.05, 3.63) is 48.0 Å². The van der Waals surface area contributed by atoms with E-state index in [0.29, 0.717) is 5.41 Å². The van der Waals surface area contributed by atoms with E-state index in [9.17, 15) is 0 Å². The first-order valence-corrected chi connectivity index (χ1v) is 7.52. The van der Waals surface area contributed by atoms with Crippen molar-refractivity contribution in [3.8, 4) is 0 Å².